The highest BCUT2D eigenvalue weighted by Gasteiger charge is 2.12. The van der Waals surface area contributed by atoms with E-state index in [4.69, 9.17) is 15.6 Å². The van der Waals surface area contributed by atoms with Crippen molar-refractivity contribution in [2.75, 3.05) is 19.0 Å². The fourth-order valence-electron chi connectivity index (χ4n) is 1.72. The highest BCUT2D eigenvalue weighted by molar-refractivity contribution is 5.94. The standard InChI is InChI=1S/C13H18N2O4/c1-8-5-9(3-4-11(8)13(14)18)15-7-10(19-2)6-12(16)17/h3-5,10,15H,6-7H2,1-2H3,(H2,14,18)(H,16,17). The number of aliphatic carboxylic acids is 1. The van der Waals surface area contributed by atoms with Crippen LogP contribution in [0.3, 0.4) is 0 Å². The molecule has 1 amide bonds. The summed E-state index contributed by atoms with van der Waals surface area (Å²) in [6.07, 6.45) is -0.476. The Morgan fingerprint density at radius 2 is 2.16 bits per heavy atom. The van der Waals surface area contributed by atoms with Crippen LogP contribution in [0.2, 0.25) is 0 Å². The van der Waals surface area contributed by atoms with Gasteiger partial charge in [0.05, 0.1) is 12.5 Å². The Morgan fingerprint density at radius 1 is 1.47 bits per heavy atom. The number of nitrogens with one attached hydrogen (secondary N) is 1. The first-order valence-electron chi connectivity index (χ1n) is 5.83. The molecule has 0 bridgehead atoms. The quantitative estimate of drug-likeness (QED) is 0.683. The number of hydrogen-bond donors (Lipinski definition) is 3. The Labute approximate surface area is 111 Å². The van der Waals surface area contributed by atoms with Crippen molar-refractivity contribution >= 4 is 17.6 Å². The molecule has 0 heterocycles. The van der Waals surface area contributed by atoms with Crippen molar-refractivity contribution in [2.45, 2.75) is 19.4 Å². The third-order valence-electron chi connectivity index (χ3n) is 2.76. The second-order valence-electron chi connectivity index (χ2n) is 4.23. The van der Waals surface area contributed by atoms with E-state index in [-0.39, 0.29) is 6.42 Å². The molecule has 0 saturated carbocycles. The second kappa shape index (κ2) is 6.75. The van der Waals surface area contributed by atoms with Gasteiger partial charge in [-0.05, 0) is 30.7 Å². The number of amides is 1. The fraction of sp³-hybridized carbons (Fsp3) is 0.385. The topological polar surface area (TPSA) is 102 Å². The lowest BCUT2D eigenvalue weighted by atomic mass is 10.1. The van der Waals surface area contributed by atoms with Gasteiger partial charge in [-0.25, -0.2) is 0 Å². The molecule has 6 heteroatoms. The number of primary amides is 1. The molecule has 0 aliphatic heterocycles. The van der Waals surface area contributed by atoms with Crippen LogP contribution in [0.15, 0.2) is 18.2 Å². The van der Waals surface area contributed by atoms with Gasteiger partial charge in [-0.3, -0.25) is 9.59 Å². The van der Waals surface area contributed by atoms with Gasteiger partial charge >= 0.3 is 5.97 Å². The molecular weight excluding hydrogens is 248 g/mol. The third kappa shape index (κ3) is 4.59. The fourth-order valence-corrected chi connectivity index (χ4v) is 1.72. The van der Waals surface area contributed by atoms with Crippen molar-refractivity contribution in [3.63, 3.8) is 0 Å². The van der Waals surface area contributed by atoms with Crippen LogP contribution in [0.4, 0.5) is 5.69 Å². The number of ether oxygens (including phenoxy) is 1. The summed E-state index contributed by atoms with van der Waals surface area (Å²) >= 11 is 0. The van der Waals surface area contributed by atoms with E-state index < -0.39 is 18.0 Å². The summed E-state index contributed by atoms with van der Waals surface area (Å²) in [6, 6.07) is 5.15. The van der Waals surface area contributed by atoms with Crippen molar-refractivity contribution in [1.82, 2.24) is 0 Å². The minimum atomic E-state index is -0.908. The molecular formula is C13H18N2O4. The average molecular weight is 266 g/mol. The Morgan fingerprint density at radius 3 is 2.63 bits per heavy atom. The number of carbonyl (C=O) groups is 2. The molecule has 0 aliphatic carbocycles. The average Bonchev–Trinajstić information content (AvgIpc) is 2.33. The number of benzene rings is 1. The predicted molar refractivity (Wildman–Crippen MR) is 71.2 cm³/mol. The molecule has 1 aromatic rings. The maximum Gasteiger partial charge on any atom is 0.306 e. The summed E-state index contributed by atoms with van der Waals surface area (Å²) in [5.74, 6) is -1.38. The zero-order chi connectivity index (χ0) is 14.4. The Kier molecular flexibility index (Phi) is 5.32. The second-order valence-corrected chi connectivity index (χ2v) is 4.23. The molecule has 6 nitrogen and oxygen atoms in total. The number of carboxylic acids is 1. The number of rotatable bonds is 7. The molecule has 0 saturated heterocycles. The van der Waals surface area contributed by atoms with Gasteiger partial charge in [0, 0.05) is 24.9 Å². The highest BCUT2D eigenvalue weighted by Crippen LogP contribution is 2.15. The van der Waals surface area contributed by atoms with E-state index in [2.05, 4.69) is 5.32 Å². The zero-order valence-corrected chi connectivity index (χ0v) is 11.0. The maximum atomic E-state index is 11.1. The van der Waals surface area contributed by atoms with Gasteiger partial charge in [0.1, 0.15) is 0 Å². The summed E-state index contributed by atoms with van der Waals surface area (Å²) in [6.45, 7) is 2.16. The van der Waals surface area contributed by atoms with Crippen molar-refractivity contribution in [1.29, 1.82) is 0 Å². The molecule has 0 spiro atoms. The lowest BCUT2D eigenvalue weighted by molar-refractivity contribution is -0.139. The molecule has 1 rings (SSSR count). The highest BCUT2D eigenvalue weighted by atomic mass is 16.5. The number of carboxylic acid groups (broad SMARTS) is 1. The first-order valence-corrected chi connectivity index (χ1v) is 5.83. The van der Waals surface area contributed by atoms with Gasteiger partial charge in [-0.1, -0.05) is 0 Å². The minimum Gasteiger partial charge on any atom is -0.481 e. The van der Waals surface area contributed by atoms with E-state index in [1.807, 2.05) is 0 Å². The van der Waals surface area contributed by atoms with Crippen molar-refractivity contribution in [3.8, 4) is 0 Å². The van der Waals surface area contributed by atoms with Gasteiger partial charge < -0.3 is 20.9 Å². The van der Waals surface area contributed by atoms with Gasteiger partial charge in [-0.15, -0.1) is 0 Å². The molecule has 0 aliphatic rings. The molecule has 1 aromatic carbocycles. The van der Waals surface area contributed by atoms with Crippen LogP contribution in [-0.4, -0.2) is 36.7 Å². The molecule has 0 aromatic heterocycles. The van der Waals surface area contributed by atoms with Crippen LogP contribution in [0.25, 0.3) is 0 Å². The van der Waals surface area contributed by atoms with Crippen LogP contribution in [0.5, 0.6) is 0 Å². The predicted octanol–water partition coefficient (Wildman–Crippen LogP) is 0.996. The summed E-state index contributed by atoms with van der Waals surface area (Å²) in [7, 11) is 1.47. The minimum absolute atomic E-state index is 0.0676. The molecule has 1 atom stereocenters. The molecule has 0 fully saturated rings. The van der Waals surface area contributed by atoms with E-state index in [1.54, 1.807) is 25.1 Å². The smallest absolute Gasteiger partial charge is 0.306 e. The Balaban J connectivity index is 2.65. The van der Waals surface area contributed by atoms with Crippen LogP contribution in [0.1, 0.15) is 22.3 Å². The van der Waals surface area contributed by atoms with E-state index in [0.717, 1.165) is 11.3 Å². The van der Waals surface area contributed by atoms with Gasteiger partial charge in [0.25, 0.3) is 0 Å². The van der Waals surface area contributed by atoms with E-state index >= 15 is 0 Å². The summed E-state index contributed by atoms with van der Waals surface area (Å²) in [5.41, 5.74) is 7.25. The number of aryl methyl sites for hydroxylation is 1. The van der Waals surface area contributed by atoms with Gasteiger partial charge in [0.2, 0.25) is 5.91 Å². The Hall–Kier alpha value is -2.08. The first-order chi connectivity index (χ1) is 8.93. The lowest BCUT2D eigenvalue weighted by Gasteiger charge is -2.15. The summed E-state index contributed by atoms with van der Waals surface area (Å²) in [5, 5.41) is 11.8. The summed E-state index contributed by atoms with van der Waals surface area (Å²) in [4.78, 5) is 21.7. The van der Waals surface area contributed by atoms with Crippen LogP contribution < -0.4 is 11.1 Å². The summed E-state index contributed by atoms with van der Waals surface area (Å²) < 4.78 is 5.06. The molecule has 1 unspecified atom stereocenters. The number of hydrogen-bond acceptors (Lipinski definition) is 4. The van der Waals surface area contributed by atoms with Crippen LogP contribution in [-0.2, 0) is 9.53 Å². The normalized spacial score (nSPS) is 11.9. The monoisotopic (exact) mass is 266 g/mol. The first kappa shape index (κ1) is 15.0. The van der Waals surface area contributed by atoms with E-state index in [1.165, 1.54) is 7.11 Å². The number of anilines is 1. The van der Waals surface area contributed by atoms with Crippen LogP contribution in [0, 0.1) is 6.92 Å². The molecule has 19 heavy (non-hydrogen) atoms. The SMILES string of the molecule is COC(CNc1ccc(C(N)=O)c(C)c1)CC(=O)O. The lowest BCUT2D eigenvalue weighted by Crippen LogP contribution is -2.25. The van der Waals surface area contributed by atoms with Crippen molar-refractivity contribution in [2.24, 2.45) is 5.73 Å². The molecule has 0 radical (unpaired) electrons. The van der Waals surface area contributed by atoms with Gasteiger partial charge in [0.15, 0.2) is 0 Å². The zero-order valence-electron chi connectivity index (χ0n) is 11.0. The molecule has 4 N–H and O–H groups in total. The van der Waals surface area contributed by atoms with Gasteiger partial charge in [-0.2, -0.15) is 0 Å². The number of carbonyl (C=O) groups excluding carboxylic acids is 1. The third-order valence-corrected chi connectivity index (χ3v) is 2.76. The van der Waals surface area contributed by atoms with E-state index in [9.17, 15) is 9.59 Å². The molecule has 104 valence electrons. The Bertz CT molecular complexity index is 474. The van der Waals surface area contributed by atoms with Crippen molar-refractivity contribution < 1.29 is 19.4 Å². The maximum absolute atomic E-state index is 11.1. The number of methoxy groups -OCH3 is 1. The van der Waals surface area contributed by atoms with Crippen LogP contribution >= 0.6 is 0 Å². The largest absolute Gasteiger partial charge is 0.481 e. The van der Waals surface area contributed by atoms with E-state index in [0.29, 0.717) is 12.1 Å². The number of nitrogens with two attached hydrogens (primary N) is 1. The van der Waals surface area contributed by atoms with Crippen molar-refractivity contribution in [3.05, 3.63) is 29.3 Å².